The number of hydrogen-bond donors (Lipinski definition) is 1. The second kappa shape index (κ2) is 4.80. The highest BCUT2D eigenvalue weighted by Crippen LogP contribution is 2.32. The first-order chi connectivity index (χ1) is 9.06. The molecule has 2 unspecified atom stereocenters. The van der Waals surface area contributed by atoms with Crippen LogP contribution >= 0.6 is 0 Å². The Balaban J connectivity index is 1.86. The van der Waals surface area contributed by atoms with Gasteiger partial charge in [-0.15, -0.1) is 0 Å². The van der Waals surface area contributed by atoms with Crippen LogP contribution in [0.25, 0.3) is 0 Å². The topological polar surface area (TPSA) is 32.5 Å². The van der Waals surface area contributed by atoms with Crippen LogP contribution in [0.3, 0.4) is 0 Å². The highest BCUT2D eigenvalue weighted by atomic mass is 15.2. The van der Waals surface area contributed by atoms with E-state index in [0.29, 0.717) is 17.9 Å². The van der Waals surface area contributed by atoms with Gasteiger partial charge in [-0.2, -0.15) is 0 Å². The zero-order valence-electron chi connectivity index (χ0n) is 12.3. The fourth-order valence-corrected chi connectivity index (χ4v) is 3.78. The lowest BCUT2D eigenvalue weighted by atomic mass is 9.80. The third-order valence-electron chi connectivity index (χ3n) is 5.01. The van der Waals surface area contributed by atoms with E-state index in [9.17, 15) is 0 Å². The molecule has 0 saturated carbocycles. The first-order valence-electron chi connectivity index (χ1n) is 7.31. The van der Waals surface area contributed by atoms with Crippen molar-refractivity contribution in [3.05, 3.63) is 29.3 Å². The van der Waals surface area contributed by atoms with Crippen molar-refractivity contribution in [1.82, 2.24) is 4.90 Å². The number of nitrogens with zero attached hydrogens (tertiary/aromatic N) is 2. The van der Waals surface area contributed by atoms with Gasteiger partial charge in [0, 0.05) is 49.7 Å². The number of hydrogen-bond acceptors (Lipinski definition) is 3. The quantitative estimate of drug-likeness (QED) is 0.832. The zero-order valence-corrected chi connectivity index (χ0v) is 12.3. The summed E-state index contributed by atoms with van der Waals surface area (Å²) >= 11 is 0. The first-order valence-corrected chi connectivity index (χ1v) is 7.31. The molecule has 2 bridgehead atoms. The molecule has 2 N–H and O–H groups in total. The van der Waals surface area contributed by atoms with Gasteiger partial charge in [-0.25, -0.2) is 0 Å². The van der Waals surface area contributed by atoms with Crippen LogP contribution in [0, 0.1) is 25.7 Å². The minimum Gasteiger partial charge on any atom is -0.371 e. The summed E-state index contributed by atoms with van der Waals surface area (Å²) in [4.78, 5) is 5.01. The van der Waals surface area contributed by atoms with Crippen LogP contribution < -0.4 is 10.6 Å². The van der Waals surface area contributed by atoms with Crippen molar-refractivity contribution < 1.29 is 0 Å². The van der Waals surface area contributed by atoms with E-state index in [4.69, 9.17) is 5.73 Å². The SMILES string of the molecule is Cc1cccc(N2CC3CN(C)CC(C2)C3N)c1C. The van der Waals surface area contributed by atoms with Crippen molar-refractivity contribution in [2.24, 2.45) is 17.6 Å². The Kier molecular flexibility index (Phi) is 3.27. The number of likely N-dealkylation sites (tertiary alicyclic amines) is 1. The molecule has 0 radical (unpaired) electrons. The van der Waals surface area contributed by atoms with Crippen LogP contribution in [0.5, 0.6) is 0 Å². The number of benzene rings is 1. The Morgan fingerprint density at radius 3 is 2.32 bits per heavy atom. The largest absolute Gasteiger partial charge is 0.371 e. The summed E-state index contributed by atoms with van der Waals surface area (Å²) in [5, 5.41) is 0. The maximum Gasteiger partial charge on any atom is 0.0398 e. The molecule has 2 atom stereocenters. The number of fused-ring (bicyclic) bond motifs is 2. The lowest BCUT2D eigenvalue weighted by molar-refractivity contribution is 0.107. The fourth-order valence-electron chi connectivity index (χ4n) is 3.78. The average molecular weight is 259 g/mol. The number of aryl methyl sites for hydroxylation is 1. The summed E-state index contributed by atoms with van der Waals surface area (Å²) in [5.74, 6) is 1.22. The lowest BCUT2D eigenvalue weighted by Gasteiger charge is -2.49. The summed E-state index contributed by atoms with van der Waals surface area (Å²) in [6.45, 7) is 8.92. The van der Waals surface area contributed by atoms with Gasteiger partial charge in [0.2, 0.25) is 0 Å². The molecule has 0 spiro atoms. The molecule has 0 amide bonds. The van der Waals surface area contributed by atoms with E-state index in [1.54, 1.807) is 0 Å². The maximum absolute atomic E-state index is 6.40. The van der Waals surface area contributed by atoms with Crippen molar-refractivity contribution in [3.63, 3.8) is 0 Å². The van der Waals surface area contributed by atoms with Crippen molar-refractivity contribution in [2.45, 2.75) is 19.9 Å². The number of rotatable bonds is 1. The molecule has 2 aliphatic rings. The average Bonchev–Trinajstić information content (AvgIpc) is 2.34. The molecule has 0 aromatic heterocycles. The Bertz CT molecular complexity index is 455. The summed E-state index contributed by atoms with van der Waals surface area (Å²) in [6.07, 6.45) is 0. The highest BCUT2D eigenvalue weighted by molar-refractivity contribution is 5.56. The predicted octanol–water partition coefficient (Wildman–Crippen LogP) is 1.63. The van der Waals surface area contributed by atoms with Gasteiger partial charge in [-0.3, -0.25) is 0 Å². The smallest absolute Gasteiger partial charge is 0.0398 e. The van der Waals surface area contributed by atoms with Gasteiger partial charge in [0.15, 0.2) is 0 Å². The van der Waals surface area contributed by atoms with E-state index < -0.39 is 0 Å². The van der Waals surface area contributed by atoms with Crippen molar-refractivity contribution >= 4 is 5.69 Å². The third-order valence-corrected chi connectivity index (χ3v) is 5.01. The van der Waals surface area contributed by atoms with E-state index in [2.05, 4.69) is 48.9 Å². The summed E-state index contributed by atoms with van der Waals surface area (Å²) < 4.78 is 0. The second-order valence-electron chi connectivity index (χ2n) is 6.44. The van der Waals surface area contributed by atoms with Crippen LogP contribution in [0.2, 0.25) is 0 Å². The molecule has 3 heteroatoms. The molecule has 1 aromatic rings. The van der Waals surface area contributed by atoms with Crippen molar-refractivity contribution in [3.8, 4) is 0 Å². The van der Waals surface area contributed by atoms with E-state index in [1.165, 1.54) is 16.8 Å². The monoisotopic (exact) mass is 259 g/mol. The van der Waals surface area contributed by atoms with Crippen molar-refractivity contribution in [1.29, 1.82) is 0 Å². The summed E-state index contributed by atoms with van der Waals surface area (Å²) in [7, 11) is 2.22. The molecule has 3 nitrogen and oxygen atoms in total. The molecule has 2 fully saturated rings. The van der Waals surface area contributed by atoms with Gasteiger partial charge in [-0.05, 0) is 38.1 Å². The van der Waals surface area contributed by atoms with Crippen LogP contribution in [-0.4, -0.2) is 44.2 Å². The molecule has 2 saturated heterocycles. The van der Waals surface area contributed by atoms with Gasteiger partial charge in [0.25, 0.3) is 0 Å². The maximum atomic E-state index is 6.40. The molecule has 104 valence electrons. The highest BCUT2D eigenvalue weighted by Gasteiger charge is 2.39. The molecule has 19 heavy (non-hydrogen) atoms. The minimum absolute atomic E-state index is 0.387. The third kappa shape index (κ3) is 2.26. The van der Waals surface area contributed by atoms with Gasteiger partial charge in [-0.1, -0.05) is 12.1 Å². The Morgan fingerprint density at radius 1 is 1.05 bits per heavy atom. The molecule has 2 heterocycles. The van der Waals surface area contributed by atoms with Gasteiger partial charge in [0.05, 0.1) is 0 Å². The van der Waals surface area contributed by atoms with Gasteiger partial charge < -0.3 is 15.5 Å². The number of anilines is 1. The van der Waals surface area contributed by atoms with Crippen LogP contribution in [-0.2, 0) is 0 Å². The van der Waals surface area contributed by atoms with E-state index in [1.807, 2.05) is 0 Å². The summed E-state index contributed by atoms with van der Waals surface area (Å²) in [5.41, 5.74) is 10.6. The normalized spacial score (nSPS) is 31.6. The van der Waals surface area contributed by atoms with E-state index >= 15 is 0 Å². The molecule has 2 aliphatic heterocycles. The van der Waals surface area contributed by atoms with Gasteiger partial charge >= 0.3 is 0 Å². The molecule has 1 aromatic carbocycles. The molecular weight excluding hydrogens is 234 g/mol. The van der Waals surface area contributed by atoms with Crippen molar-refractivity contribution in [2.75, 3.05) is 38.1 Å². The lowest BCUT2D eigenvalue weighted by Crippen LogP contribution is -2.62. The predicted molar refractivity (Wildman–Crippen MR) is 80.6 cm³/mol. The molecular formula is C16H25N3. The Hall–Kier alpha value is -1.06. The molecule has 0 aliphatic carbocycles. The first kappa shape index (κ1) is 12.9. The van der Waals surface area contributed by atoms with Crippen LogP contribution in [0.4, 0.5) is 5.69 Å². The number of nitrogens with two attached hydrogens (primary N) is 1. The zero-order chi connectivity index (χ0) is 13.6. The minimum atomic E-state index is 0.387. The Morgan fingerprint density at radius 2 is 1.68 bits per heavy atom. The fraction of sp³-hybridized carbons (Fsp3) is 0.625. The van der Waals surface area contributed by atoms with Gasteiger partial charge in [0.1, 0.15) is 0 Å². The van der Waals surface area contributed by atoms with Crippen LogP contribution in [0.15, 0.2) is 18.2 Å². The van der Waals surface area contributed by atoms with E-state index in [0.717, 1.165) is 26.2 Å². The van der Waals surface area contributed by atoms with Crippen LogP contribution in [0.1, 0.15) is 11.1 Å². The summed E-state index contributed by atoms with van der Waals surface area (Å²) in [6, 6.07) is 7.02. The number of piperidine rings is 2. The Labute approximate surface area is 116 Å². The standard InChI is InChI=1S/C16H25N3/c1-11-5-4-6-15(12(11)2)19-9-13-7-18(3)8-14(10-19)16(13)17/h4-6,13-14,16H,7-10,17H2,1-3H3. The molecule has 3 rings (SSSR count). The van der Waals surface area contributed by atoms with E-state index in [-0.39, 0.29) is 0 Å². The second-order valence-corrected chi connectivity index (χ2v) is 6.44.